The van der Waals surface area contributed by atoms with Crippen LogP contribution in [0.5, 0.6) is 5.75 Å². The monoisotopic (exact) mass is 327 g/mol. The number of nitrogens with one attached hydrogen (secondary N) is 2. The fraction of sp³-hybridized carbons (Fsp3) is 0.278. The van der Waals surface area contributed by atoms with Crippen molar-refractivity contribution in [1.29, 1.82) is 0 Å². The van der Waals surface area contributed by atoms with E-state index in [1.165, 1.54) is 0 Å². The van der Waals surface area contributed by atoms with E-state index < -0.39 is 0 Å². The molecule has 0 saturated carbocycles. The summed E-state index contributed by atoms with van der Waals surface area (Å²) in [6, 6.07) is 11.8. The van der Waals surface area contributed by atoms with Crippen molar-refractivity contribution in [3.63, 3.8) is 0 Å². The summed E-state index contributed by atoms with van der Waals surface area (Å²) in [4.78, 5) is 28.5. The summed E-state index contributed by atoms with van der Waals surface area (Å²) in [5, 5.41) is 5.57. The minimum absolute atomic E-state index is 0.0519. The Hall–Kier alpha value is -2.89. The maximum Gasteiger partial charge on any atom is 0.274 e. The minimum Gasteiger partial charge on any atom is -0.497 e. The van der Waals surface area contributed by atoms with Crippen molar-refractivity contribution in [2.24, 2.45) is 0 Å². The highest BCUT2D eigenvalue weighted by atomic mass is 16.5. The van der Waals surface area contributed by atoms with E-state index in [2.05, 4.69) is 15.6 Å². The average molecular weight is 327 g/mol. The summed E-state index contributed by atoms with van der Waals surface area (Å²) >= 11 is 0. The van der Waals surface area contributed by atoms with Crippen molar-refractivity contribution >= 4 is 17.5 Å². The molecular weight excluding hydrogens is 306 g/mol. The molecule has 1 heterocycles. The van der Waals surface area contributed by atoms with Gasteiger partial charge in [0.2, 0.25) is 0 Å². The van der Waals surface area contributed by atoms with Gasteiger partial charge in [-0.3, -0.25) is 9.59 Å². The number of methoxy groups -OCH3 is 1. The predicted octanol–water partition coefficient (Wildman–Crippen LogP) is 2.87. The molecule has 6 nitrogen and oxygen atoms in total. The molecule has 0 radical (unpaired) electrons. The summed E-state index contributed by atoms with van der Waals surface area (Å²) in [5.41, 5.74) is 1.03. The van der Waals surface area contributed by atoms with Crippen molar-refractivity contribution in [3.05, 3.63) is 53.9 Å². The van der Waals surface area contributed by atoms with Crippen molar-refractivity contribution in [2.45, 2.75) is 26.3 Å². The number of amides is 2. The molecule has 0 fully saturated rings. The highest BCUT2D eigenvalue weighted by Gasteiger charge is 2.14. The fourth-order valence-electron chi connectivity index (χ4n) is 1.96. The van der Waals surface area contributed by atoms with E-state index >= 15 is 0 Å². The number of pyridine rings is 1. The van der Waals surface area contributed by atoms with Crippen LogP contribution in [0.3, 0.4) is 0 Å². The van der Waals surface area contributed by atoms with Crippen LogP contribution in [0.25, 0.3) is 0 Å². The summed E-state index contributed by atoms with van der Waals surface area (Å²) in [7, 11) is 1.58. The van der Waals surface area contributed by atoms with Gasteiger partial charge in [-0.25, -0.2) is 4.98 Å². The molecule has 24 heavy (non-hydrogen) atoms. The van der Waals surface area contributed by atoms with Gasteiger partial charge in [0.05, 0.1) is 7.11 Å². The van der Waals surface area contributed by atoms with E-state index in [1.807, 2.05) is 13.8 Å². The third-order valence-electron chi connectivity index (χ3n) is 3.55. The minimum atomic E-state index is -0.377. The molecule has 2 amide bonds. The Balaban J connectivity index is 2.09. The quantitative estimate of drug-likeness (QED) is 0.855. The molecule has 1 aromatic carbocycles. The van der Waals surface area contributed by atoms with E-state index in [-0.39, 0.29) is 29.2 Å². The number of anilines is 1. The van der Waals surface area contributed by atoms with Crippen LogP contribution >= 0.6 is 0 Å². The lowest BCUT2D eigenvalue weighted by Crippen LogP contribution is -2.32. The number of carbonyl (C=O) groups excluding carboxylic acids is 2. The lowest BCUT2D eigenvalue weighted by atomic mass is 10.2. The zero-order valence-electron chi connectivity index (χ0n) is 14.0. The number of hydrogen-bond donors (Lipinski definition) is 2. The smallest absolute Gasteiger partial charge is 0.274 e. The molecule has 0 aliphatic heterocycles. The molecular formula is C18H21N3O3. The van der Waals surface area contributed by atoms with Gasteiger partial charge in [0.1, 0.15) is 17.1 Å². The number of carbonyl (C=O) groups is 2. The molecule has 1 aromatic heterocycles. The second kappa shape index (κ2) is 8.10. The van der Waals surface area contributed by atoms with Gasteiger partial charge in [-0.2, -0.15) is 0 Å². The van der Waals surface area contributed by atoms with E-state index in [0.717, 1.165) is 6.42 Å². The van der Waals surface area contributed by atoms with Gasteiger partial charge in [-0.05, 0) is 49.7 Å². The van der Waals surface area contributed by atoms with Gasteiger partial charge < -0.3 is 15.4 Å². The number of nitrogens with zero attached hydrogens (tertiary/aromatic N) is 1. The summed E-state index contributed by atoms with van der Waals surface area (Å²) in [6.07, 6.45) is 0.823. The predicted molar refractivity (Wildman–Crippen MR) is 92.4 cm³/mol. The first-order chi connectivity index (χ1) is 11.5. The van der Waals surface area contributed by atoms with Crippen LogP contribution in [0.15, 0.2) is 42.5 Å². The maximum atomic E-state index is 12.3. The van der Waals surface area contributed by atoms with Gasteiger partial charge in [0.25, 0.3) is 11.8 Å². The number of rotatable bonds is 6. The number of ether oxygens (including phenoxy) is 1. The second-order valence-electron chi connectivity index (χ2n) is 5.37. The topological polar surface area (TPSA) is 80.3 Å². The molecule has 0 spiro atoms. The Labute approximate surface area is 141 Å². The summed E-state index contributed by atoms with van der Waals surface area (Å²) < 4.78 is 5.07. The Morgan fingerprint density at radius 1 is 1.08 bits per heavy atom. The summed E-state index contributed by atoms with van der Waals surface area (Å²) in [5.74, 6) is 0.0386. The van der Waals surface area contributed by atoms with Crippen LogP contribution in [-0.2, 0) is 0 Å². The third-order valence-corrected chi connectivity index (χ3v) is 3.55. The normalized spacial score (nSPS) is 11.5. The standard InChI is InChI=1S/C18H21N3O3/c1-4-12(2)19-17(22)15-6-5-7-16(21-15)18(23)20-13-8-10-14(24-3)11-9-13/h5-12H,4H2,1-3H3,(H,19,22)(H,20,23). The van der Waals surface area contributed by atoms with Crippen molar-refractivity contribution in [2.75, 3.05) is 12.4 Å². The van der Waals surface area contributed by atoms with E-state index in [0.29, 0.717) is 11.4 Å². The number of aromatic nitrogens is 1. The first kappa shape index (κ1) is 17.5. The van der Waals surface area contributed by atoms with Crippen LogP contribution < -0.4 is 15.4 Å². The SMILES string of the molecule is CCC(C)NC(=O)c1cccc(C(=O)Nc2ccc(OC)cc2)n1. The second-order valence-corrected chi connectivity index (χ2v) is 5.37. The maximum absolute atomic E-state index is 12.3. The zero-order chi connectivity index (χ0) is 17.5. The Morgan fingerprint density at radius 2 is 1.71 bits per heavy atom. The first-order valence-corrected chi connectivity index (χ1v) is 7.76. The van der Waals surface area contributed by atoms with Gasteiger partial charge in [-0.15, -0.1) is 0 Å². The largest absolute Gasteiger partial charge is 0.497 e. The molecule has 2 rings (SSSR count). The van der Waals surface area contributed by atoms with Crippen LogP contribution in [0.2, 0.25) is 0 Å². The number of benzene rings is 1. The molecule has 0 aliphatic rings. The molecule has 0 aliphatic carbocycles. The van der Waals surface area contributed by atoms with Crippen molar-refractivity contribution in [3.8, 4) is 5.75 Å². The van der Waals surface area contributed by atoms with Crippen LogP contribution in [0.1, 0.15) is 41.2 Å². The third kappa shape index (κ3) is 4.55. The molecule has 1 atom stereocenters. The Morgan fingerprint density at radius 3 is 2.29 bits per heavy atom. The average Bonchev–Trinajstić information content (AvgIpc) is 2.62. The highest BCUT2D eigenvalue weighted by Crippen LogP contribution is 2.15. The lowest BCUT2D eigenvalue weighted by Gasteiger charge is -2.11. The van der Waals surface area contributed by atoms with Gasteiger partial charge in [0.15, 0.2) is 0 Å². The molecule has 0 saturated heterocycles. The molecule has 0 bridgehead atoms. The zero-order valence-corrected chi connectivity index (χ0v) is 14.0. The van der Waals surface area contributed by atoms with Gasteiger partial charge in [0, 0.05) is 11.7 Å². The first-order valence-electron chi connectivity index (χ1n) is 7.76. The molecule has 126 valence electrons. The van der Waals surface area contributed by atoms with Gasteiger partial charge >= 0.3 is 0 Å². The van der Waals surface area contributed by atoms with E-state index in [1.54, 1.807) is 49.6 Å². The van der Waals surface area contributed by atoms with E-state index in [9.17, 15) is 9.59 Å². The van der Waals surface area contributed by atoms with E-state index in [4.69, 9.17) is 4.74 Å². The molecule has 2 N–H and O–H groups in total. The molecule has 1 unspecified atom stereocenters. The fourth-order valence-corrected chi connectivity index (χ4v) is 1.96. The lowest BCUT2D eigenvalue weighted by molar-refractivity contribution is 0.0934. The van der Waals surface area contributed by atoms with Crippen molar-refractivity contribution < 1.29 is 14.3 Å². The van der Waals surface area contributed by atoms with Crippen molar-refractivity contribution in [1.82, 2.24) is 10.3 Å². The number of hydrogen-bond acceptors (Lipinski definition) is 4. The van der Waals surface area contributed by atoms with Gasteiger partial charge in [-0.1, -0.05) is 13.0 Å². The Bertz CT molecular complexity index is 714. The molecule has 6 heteroatoms. The van der Waals surface area contributed by atoms with Crippen LogP contribution in [0, 0.1) is 0 Å². The van der Waals surface area contributed by atoms with Crippen LogP contribution in [0.4, 0.5) is 5.69 Å². The highest BCUT2D eigenvalue weighted by molar-refractivity contribution is 6.03. The van der Waals surface area contributed by atoms with Crippen LogP contribution in [-0.4, -0.2) is 29.9 Å². The molecule has 2 aromatic rings. The Kier molecular flexibility index (Phi) is 5.89. The summed E-state index contributed by atoms with van der Waals surface area (Å²) in [6.45, 7) is 3.90.